The molecule has 20 heavy (non-hydrogen) atoms. The number of hydrogen-bond donors (Lipinski definition) is 2. The normalized spacial score (nSPS) is 27.4. The predicted molar refractivity (Wildman–Crippen MR) is 83.2 cm³/mol. The minimum absolute atomic E-state index is 0.0739. The lowest BCUT2D eigenvalue weighted by Crippen LogP contribution is -2.49. The largest absolute Gasteiger partial charge is 0.378 e. The Morgan fingerprint density at radius 1 is 1.30 bits per heavy atom. The van der Waals surface area contributed by atoms with Gasteiger partial charge in [0.1, 0.15) is 5.82 Å². The summed E-state index contributed by atoms with van der Waals surface area (Å²) in [6.07, 6.45) is 4.48. The van der Waals surface area contributed by atoms with Crippen molar-refractivity contribution in [3.8, 4) is 0 Å². The van der Waals surface area contributed by atoms with Crippen LogP contribution in [0.2, 0.25) is 0 Å². The van der Waals surface area contributed by atoms with Crippen molar-refractivity contribution in [2.24, 2.45) is 17.1 Å². The molecule has 0 bridgehead atoms. The SMILES string of the molecule is CC(C)(C)C1CCC(CN)(Nc2cccc(F)c2)CC1. The Kier molecular flexibility index (Phi) is 4.38. The van der Waals surface area contributed by atoms with Gasteiger partial charge in [-0.05, 0) is 55.2 Å². The summed E-state index contributed by atoms with van der Waals surface area (Å²) in [7, 11) is 0. The molecule has 1 fully saturated rings. The highest BCUT2D eigenvalue weighted by molar-refractivity contribution is 5.46. The van der Waals surface area contributed by atoms with E-state index in [1.807, 2.05) is 6.07 Å². The molecule has 3 N–H and O–H groups in total. The number of anilines is 1. The molecule has 0 amide bonds. The van der Waals surface area contributed by atoms with E-state index in [2.05, 4.69) is 26.1 Å². The van der Waals surface area contributed by atoms with Gasteiger partial charge < -0.3 is 11.1 Å². The van der Waals surface area contributed by atoms with E-state index in [0.29, 0.717) is 12.0 Å². The van der Waals surface area contributed by atoms with Crippen molar-refractivity contribution < 1.29 is 4.39 Å². The van der Waals surface area contributed by atoms with Gasteiger partial charge >= 0.3 is 0 Å². The first kappa shape index (κ1) is 15.3. The van der Waals surface area contributed by atoms with Gasteiger partial charge in [-0.1, -0.05) is 26.8 Å². The van der Waals surface area contributed by atoms with Crippen molar-refractivity contribution in [2.45, 2.75) is 52.0 Å². The second-order valence-electron chi connectivity index (χ2n) is 7.26. The Morgan fingerprint density at radius 3 is 2.45 bits per heavy atom. The van der Waals surface area contributed by atoms with E-state index in [1.165, 1.54) is 18.9 Å². The number of rotatable bonds is 3. The minimum Gasteiger partial charge on any atom is -0.378 e. The average molecular weight is 278 g/mol. The van der Waals surface area contributed by atoms with E-state index in [1.54, 1.807) is 12.1 Å². The maximum absolute atomic E-state index is 13.3. The monoisotopic (exact) mass is 278 g/mol. The lowest BCUT2D eigenvalue weighted by atomic mass is 9.67. The second-order valence-corrected chi connectivity index (χ2v) is 7.26. The summed E-state index contributed by atoms with van der Waals surface area (Å²) in [5.74, 6) is 0.544. The quantitative estimate of drug-likeness (QED) is 0.870. The summed E-state index contributed by atoms with van der Waals surface area (Å²) in [5.41, 5.74) is 7.15. The van der Waals surface area contributed by atoms with Crippen LogP contribution in [-0.2, 0) is 0 Å². The molecular formula is C17H27FN2. The Labute approximate surface area is 121 Å². The van der Waals surface area contributed by atoms with Crippen LogP contribution in [-0.4, -0.2) is 12.1 Å². The Morgan fingerprint density at radius 2 is 1.95 bits per heavy atom. The van der Waals surface area contributed by atoms with Gasteiger partial charge in [0.25, 0.3) is 0 Å². The van der Waals surface area contributed by atoms with Crippen molar-refractivity contribution in [3.05, 3.63) is 30.1 Å². The van der Waals surface area contributed by atoms with E-state index in [-0.39, 0.29) is 11.4 Å². The molecular weight excluding hydrogens is 251 g/mol. The third kappa shape index (κ3) is 3.51. The van der Waals surface area contributed by atoms with Gasteiger partial charge in [0, 0.05) is 17.8 Å². The molecule has 0 aliphatic heterocycles. The highest BCUT2D eigenvalue weighted by atomic mass is 19.1. The van der Waals surface area contributed by atoms with Crippen LogP contribution in [0.5, 0.6) is 0 Å². The van der Waals surface area contributed by atoms with Crippen molar-refractivity contribution >= 4 is 5.69 Å². The molecule has 0 spiro atoms. The van der Waals surface area contributed by atoms with E-state index in [0.717, 1.165) is 24.4 Å². The number of hydrogen-bond acceptors (Lipinski definition) is 2. The third-order valence-corrected chi connectivity index (χ3v) is 4.79. The molecule has 0 heterocycles. The molecule has 1 aliphatic rings. The fourth-order valence-electron chi connectivity index (χ4n) is 3.29. The lowest BCUT2D eigenvalue weighted by Gasteiger charge is -2.44. The van der Waals surface area contributed by atoms with E-state index >= 15 is 0 Å². The highest BCUT2D eigenvalue weighted by Crippen LogP contribution is 2.42. The molecule has 0 radical (unpaired) electrons. The van der Waals surface area contributed by atoms with Gasteiger partial charge in [0.05, 0.1) is 0 Å². The number of benzene rings is 1. The fraction of sp³-hybridized carbons (Fsp3) is 0.647. The number of halogens is 1. The molecule has 1 aliphatic carbocycles. The van der Waals surface area contributed by atoms with Crippen LogP contribution in [0, 0.1) is 17.2 Å². The molecule has 2 nitrogen and oxygen atoms in total. The molecule has 1 saturated carbocycles. The summed E-state index contributed by atoms with van der Waals surface area (Å²) < 4.78 is 13.3. The van der Waals surface area contributed by atoms with Gasteiger partial charge in [-0.2, -0.15) is 0 Å². The maximum atomic E-state index is 13.3. The van der Waals surface area contributed by atoms with Gasteiger partial charge in [0.2, 0.25) is 0 Å². The van der Waals surface area contributed by atoms with Crippen molar-refractivity contribution in [1.29, 1.82) is 0 Å². The summed E-state index contributed by atoms with van der Waals surface area (Å²) >= 11 is 0. The zero-order valence-electron chi connectivity index (χ0n) is 12.9. The Hall–Kier alpha value is -1.09. The molecule has 0 aromatic heterocycles. The van der Waals surface area contributed by atoms with E-state index < -0.39 is 0 Å². The molecule has 1 aromatic carbocycles. The summed E-state index contributed by atoms with van der Waals surface area (Å²) in [4.78, 5) is 0. The van der Waals surface area contributed by atoms with Crippen LogP contribution >= 0.6 is 0 Å². The molecule has 2 rings (SSSR count). The Bertz CT molecular complexity index is 443. The van der Waals surface area contributed by atoms with Crippen molar-refractivity contribution in [1.82, 2.24) is 0 Å². The average Bonchev–Trinajstić information content (AvgIpc) is 2.38. The van der Waals surface area contributed by atoms with Gasteiger partial charge in [0.15, 0.2) is 0 Å². The molecule has 0 atom stereocenters. The van der Waals surface area contributed by atoms with Gasteiger partial charge in [-0.3, -0.25) is 0 Å². The fourth-order valence-corrected chi connectivity index (χ4v) is 3.29. The smallest absolute Gasteiger partial charge is 0.125 e. The summed E-state index contributed by atoms with van der Waals surface area (Å²) in [6, 6.07) is 6.67. The maximum Gasteiger partial charge on any atom is 0.125 e. The van der Waals surface area contributed by atoms with Crippen LogP contribution in [0.4, 0.5) is 10.1 Å². The first-order chi connectivity index (χ1) is 9.35. The summed E-state index contributed by atoms with van der Waals surface area (Å²) in [5, 5.41) is 3.49. The van der Waals surface area contributed by atoms with Crippen LogP contribution in [0.1, 0.15) is 46.5 Å². The topological polar surface area (TPSA) is 38.0 Å². The Balaban J connectivity index is 2.05. The van der Waals surface area contributed by atoms with Crippen LogP contribution in [0.3, 0.4) is 0 Å². The van der Waals surface area contributed by atoms with Gasteiger partial charge in [-0.25, -0.2) is 4.39 Å². The zero-order chi connectivity index (χ0) is 14.8. The third-order valence-electron chi connectivity index (χ3n) is 4.79. The van der Waals surface area contributed by atoms with Gasteiger partial charge in [-0.15, -0.1) is 0 Å². The first-order valence-corrected chi connectivity index (χ1v) is 7.58. The molecule has 112 valence electrons. The van der Waals surface area contributed by atoms with Crippen molar-refractivity contribution in [2.75, 3.05) is 11.9 Å². The molecule has 3 heteroatoms. The van der Waals surface area contributed by atoms with Crippen LogP contribution in [0.15, 0.2) is 24.3 Å². The minimum atomic E-state index is -0.203. The first-order valence-electron chi connectivity index (χ1n) is 7.58. The predicted octanol–water partition coefficient (Wildman–Crippen LogP) is 4.17. The van der Waals surface area contributed by atoms with Crippen molar-refractivity contribution in [3.63, 3.8) is 0 Å². The zero-order valence-corrected chi connectivity index (χ0v) is 12.9. The number of nitrogens with two attached hydrogens (primary N) is 1. The highest BCUT2D eigenvalue weighted by Gasteiger charge is 2.37. The number of nitrogens with one attached hydrogen (secondary N) is 1. The van der Waals surface area contributed by atoms with E-state index in [4.69, 9.17) is 5.73 Å². The second kappa shape index (κ2) is 5.72. The van der Waals surface area contributed by atoms with Crippen LogP contribution in [0.25, 0.3) is 0 Å². The molecule has 0 saturated heterocycles. The lowest BCUT2D eigenvalue weighted by molar-refractivity contribution is 0.145. The molecule has 1 aromatic rings. The standard InChI is InChI=1S/C17H27FN2/c1-16(2,3)13-7-9-17(12-19,10-8-13)20-15-6-4-5-14(18)11-15/h4-6,11,13,20H,7-10,12,19H2,1-3H3. The molecule has 0 unspecified atom stereocenters. The summed E-state index contributed by atoms with van der Waals surface area (Å²) in [6.45, 7) is 7.54. The van der Waals surface area contributed by atoms with E-state index in [9.17, 15) is 4.39 Å². The van der Waals surface area contributed by atoms with Crippen LogP contribution < -0.4 is 11.1 Å².